The van der Waals surface area contributed by atoms with Crippen LogP contribution in [0.3, 0.4) is 0 Å². The second-order valence-electron chi connectivity index (χ2n) is 1.19. The van der Waals surface area contributed by atoms with E-state index in [1.165, 1.54) is 7.11 Å². The summed E-state index contributed by atoms with van der Waals surface area (Å²) in [7, 11) is 1.18. The van der Waals surface area contributed by atoms with E-state index >= 15 is 0 Å². The Kier molecular flexibility index (Phi) is 7.15. The van der Waals surface area contributed by atoms with Crippen LogP contribution < -0.4 is 0 Å². The molecule has 0 radical (unpaired) electrons. The molecule has 0 unspecified atom stereocenters. The zero-order valence-electron chi connectivity index (χ0n) is 5.23. The molecular formula is C5H7ClO4. The van der Waals surface area contributed by atoms with Gasteiger partial charge in [-0.25, -0.2) is 9.59 Å². The molecule has 0 rings (SSSR count). The summed E-state index contributed by atoms with van der Waals surface area (Å²) in [6.07, 6.45) is 1.55. The van der Waals surface area contributed by atoms with Crippen LogP contribution in [0.2, 0.25) is 0 Å². The third-order valence-corrected chi connectivity index (χ3v) is 0.563. The second kappa shape index (κ2) is 6.10. The quantitative estimate of drug-likeness (QED) is 0.471. The van der Waals surface area contributed by atoms with Crippen LogP contribution in [0.4, 0.5) is 0 Å². The van der Waals surface area contributed by atoms with Gasteiger partial charge >= 0.3 is 11.9 Å². The van der Waals surface area contributed by atoms with Crippen LogP contribution in [0.15, 0.2) is 12.2 Å². The van der Waals surface area contributed by atoms with Crippen molar-refractivity contribution in [1.29, 1.82) is 0 Å². The molecule has 58 valence electrons. The van der Waals surface area contributed by atoms with Gasteiger partial charge in [-0.15, -0.1) is 12.4 Å². The van der Waals surface area contributed by atoms with E-state index in [0.29, 0.717) is 6.08 Å². The second-order valence-corrected chi connectivity index (χ2v) is 1.19. The number of hydrogen-bond donors (Lipinski definition) is 1. The van der Waals surface area contributed by atoms with E-state index in [9.17, 15) is 9.59 Å². The Morgan fingerprint density at radius 3 is 2.20 bits per heavy atom. The molecule has 0 saturated heterocycles. The number of carbonyl (C=O) groups excluding carboxylic acids is 1. The average molecular weight is 167 g/mol. The van der Waals surface area contributed by atoms with E-state index in [1.807, 2.05) is 0 Å². The van der Waals surface area contributed by atoms with Crippen LogP contribution in [-0.2, 0) is 14.3 Å². The van der Waals surface area contributed by atoms with Gasteiger partial charge in [-0.1, -0.05) is 0 Å². The summed E-state index contributed by atoms with van der Waals surface area (Å²) in [5.74, 6) is -1.84. The Morgan fingerprint density at radius 2 is 1.90 bits per heavy atom. The maximum atomic E-state index is 10.1. The van der Waals surface area contributed by atoms with E-state index in [2.05, 4.69) is 4.74 Å². The molecule has 10 heavy (non-hydrogen) atoms. The molecule has 0 heterocycles. The number of halogens is 1. The number of esters is 1. The van der Waals surface area contributed by atoms with Crippen molar-refractivity contribution in [3.05, 3.63) is 12.2 Å². The Hall–Kier alpha value is -1.03. The first kappa shape index (κ1) is 11.7. The fraction of sp³-hybridized carbons (Fsp3) is 0.200. The van der Waals surface area contributed by atoms with E-state index in [0.717, 1.165) is 6.08 Å². The molecule has 0 fully saturated rings. The first-order valence-corrected chi connectivity index (χ1v) is 2.15. The molecule has 0 aliphatic rings. The Bertz CT molecular complexity index is 152. The van der Waals surface area contributed by atoms with Crippen LogP contribution in [0.25, 0.3) is 0 Å². The molecule has 0 aliphatic heterocycles. The minimum absolute atomic E-state index is 0. The molecule has 0 atom stereocenters. The van der Waals surface area contributed by atoms with E-state index < -0.39 is 11.9 Å². The summed E-state index contributed by atoms with van der Waals surface area (Å²) in [6.45, 7) is 0. The van der Waals surface area contributed by atoms with E-state index in [-0.39, 0.29) is 12.4 Å². The number of carboxylic acid groups (broad SMARTS) is 1. The fourth-order valence-corrected chi connectivity index (χ4v) is 0.207. The van der Waals surface area contributed by atoms with Gasteiger partial charge in [0.05, 0.1) is 7.11 Å². The highest BCUT2D eigenvalue weighted by Gasteiger charge is 1.91. The average Bonchev–Trinajstić information content (AvgIpc) is 1.83. The molecule has 0 aromatic heterocycles. The highest BCUT2D eigenvalue weighted by atomic mass is 35.5. The van der Waals surface area contributed by atoms with Crippen LogP contribution in [-0.4, -0.2) is 24.2 Å². The van der Waals surface area contributed by atoms with Gasteiger partial charge in [0, 0.05) is 12.2 Å². The van der Waals surface area contributed by atoms with Gasteiger partial charge < -0.3 is 9.84 Å². The number of aliphatic carboxylic acids is 1. The van der Waals surface area contributed by atoms with Crippen molar-refractivity contribution >= 4 is 24.3 Å². The minimum atomic E-state index is -1.17. The first-order chi connectivity index (χ1) is 4.16. The predicted octanol–water partition coefficient (Wildman–Crippen LogP) is 0.222. The highest BCUT2D eigenvalue weighted by molar-refractivity contribution is 5.90. The first-order valence-electron chi connectivity index (χ1n) is 2.15. The summed E-state index contributed by atoms with van der Waals surface area (Å²) >= 11 is 0. The van der Waals surface area contributed by atoms with E-state index in [1.54, 1.807) is 0 Å². The van der Waals surface area contributed by atoms with Crippen molar-refractivity contribution in [2.45, 2.75) is 0 Å². The number of methoxy groups -OCH3 is 1. The van der Waals surface area contributed by atoms with Crippen LogP contribution >= 0.6 is 12.4 Å². The summed E-state index contributed by atoms with van der Waals surface area (Å²) in [6, 6.07) is 0. The van der Waals surface area contributed by atoms with Gasteiger partial charge in [-0.2, -0.15) is 0 Å². The Balaban J connectivity index is 0. The molecular weight excluding hydrogens is 160 g/mol. The molecule has 0 aromatic rings. The van der Waals surface area contributed by atoms with Gasteiger partial charge in [-0.3, -0.25) is 0 Å². The molecule has 0 bridgehead atoms. The van der Waals surface area contributed by atoms with Gasteiger partial charge in [0.15, 0.2) is 0 Å². The normalized spacial score (nSPS) is 8.50. The molecule has 0 amide bonds. The molecule has 5 heteroatoms. The van der Waals surface area contributed by atoms with Crippen molar-refractivity contribution in [2.24, 2.45) is 0 Å². The number of carboxylic acids is 1. The van der Waals surface area contributed by atoms with Crippen LogP contribution in [0.5, 0.6) is 0 Å². The summed E-state index contributed by atoms with van der Waals surface area (Å²) in [5.41, 5.74) is 0. The van der Waals surface area contributed by atoms with Gasteiger partial charge in [0.2, 0.25) is 0 Å². The van der Waals surface area contributed by atoms with Crippen molar-refractivity contribution in [1.82, 2.24) is 0 Å². The smallest absolute Gasteiger partial charge is 0.330 e. The topological polar surface area (TPSA) is 63.6 Å². The lowest BCUT2D eigenvalue weighted by Crippen LogP contribution is -1.96. The maximum absolute atomic E-state index is 10.1. The predicted molar refractivity (Wildman–Crippen MR) is 36.0 cm³/mol. The number of carbonyl (C=O) groups is 2. The van der Waals surface area contributed by atoms with Crippen LogP contribution in [0.1, 0.15) is 0 Å². The molecule has 4 nitrogen and oxygen atoms in total. The standard InChI is InChI=1S/C5H6O4.ClH/c1-9-5(8)3-2-4(6)7;/h2-3H,1H3,(H,6,7);1H. The Labute approximate surface area is 63.9 Å². The minimum Gasteiger partial charge on any atom is -0.478 e. The van der Waals surface area contributed by atoms with Gasteiger partial charge in [0.1, 0.15) is 0 Å². The van der Waals surface area contributed by atoms with Crippen molar-refractivity contribution < 1.29 is 19.4 Å². The number of rotatable bonds is 2. The zero-order valence-corrected chi connectivity index (χ0v) is 6.05. The van der Waals surface area contributed by atoms with Crippen molar-refractivity contribution in [2.75, 3.05) is 7.11 Å². The number of hydrogen-bond acceptors (Lipinski definition) is 3. The fourth-order valence-electron chi connectivity index (χ4n) is 0.207. The lowest BCUT2D eigenvalue weighted by atomic mass is 10.5. The van der Waals surface area contributed by atoms with Crippen LogP contribution in [0, 0.1) is 0 Å². The van der Waals surface area contributed by atoms with E-state index in [4.69, 9.17) is 5.11 Å². The maximum Gasteiger partial charge on any atom is 0.330 e. The third-order valence-electron chi connectivity index (χ3n) is 0.563. The van der Waals surface area contributed by atoms with Gasteiger partial charge in [-0.05, 0) is 0 Å². The van der Waals surface area contributed by atoms with Gasteiger partial charge in [0.25, 0.3) is 0 Å². The highest BCUT2D eigenvalue weighted by Crippen LogP contribution is 1.76. The third kappa shape index (κ3) is 6.97. The van der Waals surface area contributed by atoms with Crippen molar-refractivity contribution in [3.8, 4) is 0 Å². The molecule has 0 spiro atoms. The zero-order chi connectivity index (χ0) is 7.28. The monoisotopic (exact) mass is 166 g/mol. The molecule has 0 aromatic carbocycles. The van der Waals surface area contributed by atoms with Crippen molar-refractivity contribution in [3.63, 3.8) is 0 Å². The lowest BCUT2D eigenvalue weighted by molar-refractivity contribution is -0.136. The largest absolute Gasteiger partial charge is 0.478 e. The summed E-state index contributed by atoms with van der Waals surface area (Å²) < 4.78 is 4.11. The number of ether oxygens (including phenoxy) is 1. The molecule has 0 aliphatic carbocycles. The lowest BCUT2D eigenvalue weighted by Gasteiger charge is -1.85. The summed E-state index contributed by atoms with van der Waals surface area (Å²) in [4.78, 5) is 19.9. The molecule has 0 saturated carbocycles. The summed E-state index contributed by atoms with van der Waals surface area (Å²) in [5, 5.41) is 7.96. The SMILES string of the molecule is COC(=O)C=CC(=O)O.Cl. The Morgan fingerprint density at radius 1 is 1.40 bits per heavy atom. The molecule has 1 N–H and O–H groups in total.